The van der Waals surface area contributed by atoms with Gasteiger partial charge < -0.3 is 4.74 Å². The van der Waals surface area contributed by atoms with Crippen molar-refractivity contribution >= 4 is 33.2 Å². The fourth-order valence-electron chi connectivity index (χ4n) is 2.63. The summed E-state index contributed by atoms with van der Waals surface area (Å²) in [6.45, 7) is 4.59. The lowest BCUT2D eigenvalue weighted by molar-refractivity contribution is 0.0703. The van der Waals surface area contributed by atoms with Crippen LogP contribution in [0.25, 0.3) is 10.2 Å². The topological polar surface area (TPSA) is 35.0 Å². The Balaban J connectivity index is 2.11. The van der Waals surface area contributed by atoms with Gasteiger partial charge in [0.25, 0.3) is 0 Å². The van der Waals surface area contributed by atoms with Crippen LogP contribution >= 0.6 is 22.9 Å². The number of hydrogen-bond donors (Lipinski definition) is 0. The number of nitrogens with zero attached hydrogens (tertiary/aromatic N) is 2. The second kappa shape index (κ2) is 5.35. The van der Waals surface area contributed by atoms with E-state index < -0.39 is 0 Å². The SMILES string of the molecule is CCOC(C)c1nc(Cl)c2c3c(sc2n1)CCCC3. The zero-order valence-electron chi connectivity index (χ0n) is 11.2. The van der Waals surface area contributed by atoms with Gasteiger partial charge in [-0.3, -0.25) is 0 Å². The molecule has 0 bridgehead atoms. The van der Waals surface area contributed by atoms with Crippen molar-refractivity contribution in [2.45, 2.75) is 45.6 Å². The molecule has 102 valence electrons. The molecule has 2 aromatic rings. The van der Waals surface area contributed by atoms with Gasteiger partial charge in [-0.25, -0.2) is 9.97 Å². The second-order valence-corrected chi connectivity index (χ2v) is 6.30. The summed E-state index contributed by atoms with van der Waals surface area (Å²) in [5.41, 5.74) is 1.38. The van der Waals surface area contributed by atoms with Gasteiger partial charge in [-0.2, -0.15) is 0 Å². The van der Waals surface area contributed by atoms with E-state index in [1.807, 2.05) is 13.8 Å². The zero-order valence-corrected chi connectivity index (χ0v) is 12.8. The van der Waals surface area contributed by atoms with Crippen LogP contribution in [0.5, 0.6) is 0 Å². The van der Waals surface area contributed by atoms with E-state index in [1.165, 1.54) is 23.3 Å². The van der Waals surface area contributed by atoms with Gasteiger partial charge >= 0.3 is 0 Å². The van der Waals surface area contributed by atoms with E-state index in [4.69, 9.17) is 16.3 Å². The molecule has 2 aromatic heterocycles. The molecule has 0 N–H and O–H groups in total. The van der Waals surface area contributed by atoms with Gasteiger partial charge in [0.2, 0.25) is 0 Å². The Labute approximate surface area is 122 Å². The van der Waals surface area contributed by atoms with E-state index in [9.17, 15) is 0 Å². The lowest BCUT2D eigenvalue weighted by Crippen LogP contribution is -2.05. The van der Waals surface area contributed by atoms with Gasteiger partial charge in [-0.1, -0.05) is 11.6 Å². The molecule has 0 aromatic carbocycles. The summed E-state index contributed by atoms with van der Waals surface area (Å²) in [5.74, 6) is 0.693. The number of hydrogen-bond acceptors (Lipinski definition) is 4. The van der Waals surface area contributed by atoms with Crippen LogP contribution in [-0.4, -0.2) is 16.6 Å². The minimum atomic E-state index is -0.106. The molecule has 1 unspecified atom stereocenters. The summed E-state index contributed by atoms with van der Waals surface area (Å²) in [6, 6.07) is 0. The van der Waals surface area contributed by atoms with Gasteiger partial charge in [0, 0.05) is 11.5 Å². The third-order valence-electron chi connectivity index (χ3n) is 3.57. The van der Waals surface area contributed by atoms with Crippen LogP contribution in [0.3, 0.4) is 0 Å². The molecule has 0 aliphatic heterocycles. The molecule has 0 spiro atoms. The van der Waals surface area contributed by atoms with E-state index in [2.05, 4.69) is 9.97 Å². The van der Waals surface area contributed by atoms with Crippen molar-refractivity contribution in [3.05, 3.63) is 21.4 Å². The highest BCUT2D eigenvalue weighted by Crippen LogP contribution is 2.38. The van der Waals surface area contributed by atoms with E-state index in [0.29, 0.717) is 17.6 Å². The van der Waals surface area contributed by atoms with Crippen molar-refractivity contribution in [2.24, 2.45) is 0 Å². The molecular formula is C14H17ClN2OS. The fourth-order valence-corrected chi connectivity index (χ4v) is 4.25. The summed E-state index contributed by atoms with van der Waals surface area (Å²) in [6.07, 6.45) is 4.67. The van der Waals surface area contributed by atoms with Crippen molar-refractivity contribution in [1.29, 1.82) is 0 Å². The smallest absolute Gasteiger partial charge is 0.160 e. The van der Waals surface area contributed by atoms with Gasteiger partial charge in [0.05, 0.1) is 5.39 Å². The zero-order chi connectivity index (χ0) is 13.4. The highest BCUT2D eigenvalue weighted by atomic mass is 35.5. The number of aromatic nitrogens is 2. The van der Waals surface area contributed by atoms with Crippen LogP contribution in [0.4, 0.5) is 0 Å². The average Bonchev–Trinajstić information content (AvgIpc) is 2.77. The van der Waals surface area contributed by atoms with Crippen LogP contribution in [0.2, 0.25) is 5.15 Å². The van der Waals surface area contributed by atoms with Crippen LogP contribution < -0.4 is 0 Å². The molecule has 0 amide bonds. The number of rotatable bonds is 3. The lowest BCUT2D eigenvalue weighted by Gasteiger charge is -2.12. The second-order valence-electron chi connectivity index (χ2n) is 4.86. The number of fused-ring (bicyclic) bond motifs is 3. The summed E-state index contributed by atoms with van der Waals surface area (Å²) in [7, 11) is 0. The third-order valence-corrected chi connectivity index (χ3v) is 5.03. The van der Waals surface area contributed by atoms with Gasteiger partial charge in [-0.05, 0) is 45.1 Å². The first kappa shape index (κ1) is 13.3. The standard InChI is InChI=1S/C14H17ClN2OS/c1-3-18-8(2)13-16-12(15)11-9-6-4-5-7-10(9)19-14(11)17-13/h8H,3-7H2,1-2H3. The van der Waals surface area contributed by atoms with Crippen LogP contribution in [0.1, 0.15) is 49.1 Å². The van der Waals surface area contributed by atoms with Gasteiger partial charge in [0.1, 0.15) is 16.1 Å². The van der Waals surface area contributed by atoms with Crippen molar-refractivity contribution < 1.29 is 4.74 Å². The first-order valence-corrected chi connectivity index (χ1v) is 7.99. The van der Waals surface area contributed by atoms with Gasteiger partial charge in [-0.15, -0.1) is 11.3 Å². The Morgan fingerprint density at radius 1 is 1.32 bits per heavy atom. The number of thiophene rings is 1. The highest BCUT2D eigenvalue weighted by Gasteiger charge is 2.21. The molecule has 0 saturated carbocycles. The molecule has 1 aliphatic rings. The Bertz CT molecular complexity index is 611. The monoisotopic (exact) mass is 296 g/mol. The lowest BCUT2D eigenvalue weighted by atomic mass is 9.97. The third kappa shape index (κ3) is 2.37. The highest BCUT2D eigenvalue weighted by molar-refractivity contribution is 7.19. The Morgan fingerprint density at radius 3 is 2.89 bits per heavy atom. The molecule has 2 heterocycles. The Morgan fingerprint density at radius 2 is 2.11 bits per heavy atom. The van der Waals surface area contributed by atoms with E-state index in [-0.39, 0.29) is 6.10 Å². The number of ether oxygens (including phenoxy) is 1. The molecule has 19 heavy (non-hydrogen) atoms. The van der Waals surface area contributed by atoms with Crippen molar-refractivity contribution in [1.82, 2.24) is 9.97 Å². The number of halogens is 1. The van der Waals surface area contributed by atoms with E-state index in [1.54, 1.807) is 11.3 Å². The minimum absolute atomic E-state index is 0.106. The summed E-state index contributed by atoms with van der Waals surface area (Å²) in [4.78, 5) is 11.6. The molecule has 1 aliphatic carbocycles. The first-order valence-electron chi connectivity index (χ1n) is 6.80. The maximum Gasteiger partial charge on any atom is 0.160 e. The normalized spacial score (nSPS) is 16.6. The summed E-state index contributed by atoms with van der Waals surface area (Å²) < 4.78 is 5.55. The van der Waals surface area contributed by atoms with E-state index in [0.717, 1.165) is 23.1 Å². The van der Waals surface area contributed by atoms with Gasteiger partial charge in [0.15, 0.2) is 5.82 Å². The molecule has 0 radical (unpaired) electrons. The first-order chi connectivity index (χ1) is 9.20. The maximum absolute atomic E-state index is 6.38. The molecule has 3 nitrogen and oxygen atoms in total. The van der Waals surface area contributed by atoms with Crippen molar-refractivity contribution in [2.75, 3.05) is 6.61 Å². The van der Waals surface area contributed by atoms with Crippen molar-refractivity contribution in [3.63, 3.8) is 0 Å². The van der Waals surface area contributed by atoms with Crippen LogP contribution in [0, 0.1) is 0 Å². The molecule has 3 rings (SSSR count). The van der Waals surface area contributed by atoms with E-state index >= 15 is 0 Å². The molecular weight excluding hydrogens is 280 g/mol. The fraction of sp³-hybridized carbons (Fsp3) is 0.571. The quantitative estimate of drug-likeness (QED) is 0.791. The predicted molar refractivity (Wildman–Crippen MR) is 79.1 cm³/mol. The molecule has 0 saturated heterocycles. The average molecular weight is 297 g/mol. The summed E-state index contributed by atoms with van der Waals surface area (Å²) in [5, 5.41) is 1.67. The Kier molecular flexibility index (Phi) is 3.74. The molecule has 1 atom stereocenters. The minimum Gasteiger partial charge on any atom is -0.371 e. The molecule has 0 fully saturated rings. The van der Waals surface area contributed by atoms with Crippen LogP contribution in [0.15, 0.2) is 0 Å². The predicted octanol–water partition coefficient (Wildman–Crippen LogP) is 4.32. The largest absolute Gasteiger partial charge is 0.371 e. The van der Waals surface area contributed by atoms with Crippen molar-refractivity contribution in [3.8, 4) is 0 Å². The number of aryl methyl sites for hydroxylation is 2. The maximum atomic E-state index is 6.38. The molecule has 5 heteroatoms. The Hall–Kier alpha value is -0.710. The summed E-state index contributed by atoms with van der Waals surface area (Å²) >= 11 is 8.16. The van der Waals surface area contributed by atoms with Crippen LogP contribution in [-0.2, 0) is 17.6 Å².